The van der Waals surface area contributed by atoms with Crippen LogP contribution in [-0.2, 0) is 4.74 Å². The van der Waals surface area contributed by atoms with Crippen molar-refractivity contribution in [3.63, 3.8) is 0 Å². The zero-order chi connectivity index (χ0) is 26.5. The average molecular weight is 524 g/mol. The lowest BCUT2D eigenvalue weighted by Gasteiger charge is -2.34. The summed E-state index contributed by atoms with van der Waals surface area (Å²) < 4.78 is 18.6. The molecule has 3 aromatic carbocycles. The van der Waals surface area contributed by atoms with E-state index in [1.165, 1.54) is 12.1 Å². The van der Waals surface area contributed by atoms with Crippen LogP contribution in [0.2, 0.25) is 5.02 Å². The Bertz CT molecular complexity index is 1310. The molecule has 0 aliphatic carbocycles. The zero-order valence-corrected chi connectivity index (χ0v) is 22.1. The first-order chi connectivity index (χ1) is 17.8. The third-order valence-electron chi connectivity index (χ3n) is 6.68. The van der Waals surface area contributed by atoms with E-state index in [0.717, 1.165) is 36.4 Å². The molecule has 0 unspecified atom stereocenters. The van der Waals surface area contributed by atoms with Gasteiger partial charge in [0.25, 0.3) is 5.91 Å². The van der Waals surface area contributed by atoms with Gasteiger partial charge < -0.3 is 15.0 Å². The highest BCUT2D eigenvalue weighted by molar-refractivity contribution is 6.35. The number of nitrogens with zero attached hydrogens (tertiary/aromatic N) is 2. The standard InChI is InChI=1S/C29H31ClFN3O3/c1-19-4-5-21(29(36)34-12-10-33(11-13-34)14-15-37-3)17-25(19)28(35)24-8-7-23(18-26(24)30)32-27-9-6-22(31)16-20(27)2/h4-9,16-18,32H,10-15H2,1-3H3. The second kappa shape index (κ2) is 11.9. The quantitative estimate of drug-likeness (QED) is 0.396. The van der Waals surface area contributed by atoms with Crippen LogP contribution in [0.4, 0.5) is 15.8 Å². The second-order valence-corrected chi connectivity index (χ2v) is 9.67. The number of aryl methyl sites for hydroxylation is 2. The molecule has 1 heterocycles. The summed E-state index contributed by atoms with van der Waals surface area (Å²) in [5.41, 5.74) is 4.24. The molecule has 0 spiro atoms. The Morgan fingerprint density at radius 1 is 0.946 bits per heavy atom. The van der Waals surface area contributed by atoms with Crippen LogP contribution in [0, 0.1) is 19.7 Å². The molecule has 4 rings (SSSR count). The topological polar surface area (TPSA) is 61.9 Å². The first kappa shape index (κ1) is 26.8. The maximum Gasteiger partial charge on any atom is 0.253 e. The molecule has 0 saturated carbocycles. The lowest BCUT2D eigenvalue weighted by molar-refractivity contribution is 0.0594. The van der Waals surface area contributed by atoms with Gasteiger partial charge in [0.1, 0.15) is 5.82 Å². The largest absolute Gasteiger partial charge is 0.383 e. The molecular formula is C29H31ClFN3O3. The highest BCUT2D eigenvalue weighted by Gasteiger charge is 2.24. The predicted octanol–water partition coefficient (Wildman–Crippen LogP) is 5.47. The number of carbonyl (C=O) groups is 2. The van der Waals surface area contributed by atoms with Crippen LogP contribution in [0.1, 0.15) is 37.4 Å². The first-order valence-electron chi connectivity index (χ1n) is 12.3. The average Bonchev–Trinajstić information content (AvgIpc) is 2.89. The highest BCUT2D eigenvalue weighted by Crippen LogP contribution is 2.28. The third-order valence-corrected chi connectivity index (χ3v) is 6.99. The minimum atomic E-state index is -0.303. The Hall–Kier alpha value is -3.26. The van der Waals surface area contributed by atoms with Crippen molar-refractivity contribution in [2.45, 2.75) is 13.8 Å². The van der Waals surface area contributed by atoms with Gasteiger partial charge in [0.15, 0.2) is 5.78 Å². The minimum absolute atomic E-state index is 0.0826. The molecule has 0 bridgehead atoms. The van der Waals surface area contributed by atoms with Crippen molar-refractivity contribution < 1.29 is 18.7 Å². The zero-order valence-electron chi connectivity index (χ0n) is 21.3. The molecule has 1 amide bonds. The van der Waals surface area contributed by atoms with Crippen molar-refractivity contribution in [2.75, 3.05) is 51.8 Å². The number of anilines is 2. The summed E-state index contributed by atoms with van der Waals surface area (Å²) in [5, 5.41) is 3.50. The van der Waals surface area contributed by atoms with Gasteiger partial charge in [0, 0.05) is 67.9 Å². The van der Waals surface area contributed by atoms with Gasteiger partial charge in [0.05, 0.1) is 11.6 Å². The van der Waals surface area contributed by atoms with Gasteiger partial charge in [-0.15, -0.1) is 0 Å². The summed E-state index contributed by atoms with van der Waals surface area (Å²) in [6.45, 7) is 8.02. The number of methoxy groups -OCH3 is 1. The summed E-state index contributed by atoms with van der Waals surface area (Å²) in [6.07, 6.45) is 0. The minimum Gasteiger partial charge on any atom is -0.383 e. The number of ketones is 1. The van der Waals surface area contributed by atoms with Gasteiger partial charge in [-0.1, -0.05) is 17.7 Å². The summed E-state index contributed by atoms with van der Waals surface area (Å²) in [6, 6.07) is 14.8. The second-order valence-electron chi connectivity index (χ2n) is 9.26. The smallest absolute Gasteiger partial charge is 0.253 e. The van der Waals surface area contributed by atoms with Crippen molar-refractivity contribution in [1.82, 2.24) is 9.80 Å². The number of piperazine rings is 1. The molecule has 1 N–H and O–H groups in total. The lowest BCUT2D eigenvalue weighted by atomic mass is 9.96. The molecule has 3 aromatic rings. The number of rotatable bonds is 8. The fourth-order valence-electron chi connectivity index (χ4n) is 4.42. The maximum absolute atomic E-state index is 13.5. The number of benzene rings is 3. The van der Waals surface area contributed by atoms with E-state index in [1.54, 1.807) is 49.6 Å². The van der Waals surface area contributed by atoms with Crippen LogP contribution in [-0.4, -0.2) is 67.9 Å². The van der Waals surface area contributed by atoms with Crippen LogP contribution in [0.3, 0.4) is 0 Å². The number of halogens is 2. The molecule has 0 aromatic heterocycles. The number of hydrogen-bond donors (Lipinski definition) is 1. The fraction of sp³-hybridized carbons (Fsp3) is 0.310. The van der Waals surface area contributed by atoms with E-state index in [0.29, 0.717) is 42.1 Å². The normalized spacial score (nSPS) is 14.0. The van der Waals surface area contributed by atoms with Gasteiger partial charge in [-0.25, -0.2) is 4.39 Å². The summed E-state index contributed by atoms with van der Waals surface area (Å²) in [7, 11) is 1.68. The van der Waals surface area contributed by atoms with E-state index in [1.807, 2.05) is 18.7 Å². The molecule has 194 valence electrons. The highest BCUT2D eigenvalue weighted by atomic mass is 35.5. The molecule has 8 heteroatoms. The molecule has 1 aliphatic rings. The van der Waals surface area contributed by atoms with Gasteiger partial charge in [0.2, 0.25) is 0 Å². The Morgan fingerprint density at radius 3 is 2.38 bits per heavy atom. The van der Waals surface area contributed by atoms with Crippen LogP contribution in [0.5, 0.6) is 0 Å². The molecule has 1 fully saturated rings. The van der Waals surface area contributed by atoms with E-state index in [-0.39, 0.29) is 22.5 Å². The van der Waals surface area contributed by atoms with Crippen LogP contribution in [0.15, 0.2) is 54.6 Å². The number of amides is 1. The number of nitrogens with one attached hydrogen (secondary N) is 1. The van der Waals surface area contributed by atoms with Crippen molar-refractivity contribution >= 4 is 34.7 Å². The van der Waals surface area contributed by atoms with Crippen LogP contribution < -0.4 is 5.32 Å². The van der Waals surface area contributed by atoms with Crippen molar-refractivity contribution in [2.24, 2.45) is 0 Å². The fourth-order valence-corrected chi connectivity index (χ4v) is 4.69. The first-order valence-corrected chi connectivity index (χ1v) is 12.6. The molecule has 37 heavy (non-hydrogen) atoms. The van der Waals surface area contributed by atoms with Gasteiger partial charge >= 0.3 is 0 Å². The molecule has 0 radical (unpaired) electrons. The van der Waals surface area contributed by atoms with Crippen molar-refractivity contribution in [3.8, 4) is 0 Å². The number of ether oxygens (including phenoxy) is 1. The Morgan fingerprint density at radius 2 is 1.70 bits per heavy atom. The van der Waals surface area contributed by atoms with Gasteiger partial charge in [-0.3, -0.25) is 14.5 Å². The summed E-state index contributed by atoms with van der Waals surface area (Å²) in [4.78, 5) is 30.7. The van der Waals surface area contributed by atoms with E-state index < -0.39 is 0 Å². The maximum atomic E-state index is 13.5. The van der Waals surface area contributed by atoms with Crippen LogP contribution in [0.25, 0.3) is 0 Å². The van der Waals surface area contributed by atoms with Gasteiger partial charge in [-0.2, -0.15) is 0 Å². The predicted molar refractivity (Wildman–Crippen MR) is 145 cm³/mol. The summed E-state index contributed by atoms with van der Waals surface area (Å²) >= 11 is 6.52. The van der Waals surface area contributed by atoms with E-state index >= 15 is 0 Å². The molecular weight excluding hydrogens is 493 g/mol. The molecule has 1 saturated heterocycles. The monoisotopic (exact) mass is 523 g/mol. The van der Waals surface area contributed by atoms with Crippen LogP contribution >= 0.6 is 11.6 Å². The molecule has 6 nitrogen and oxygen atoms in total. The van der Waals surface area contributed by atoms with Gasteiger partial charge in [-0.05, 0) is 73.5 Å². The molecule has 1 aliphatic heterocycles. The van der Waals surface area contributed by atoms with Crippen molar-refractivity contribution in [1.29, 1.82) is 0 Å². The van der Waals surface area contributed by atoms with Crippen molar-refractivity contribution in [3.05, 3.63) is 93.3 Å². The molecule has 0 atom stereocenters. The van der Waals surface area contributed by atoms with E-state index in [2.05, 4.69) is 10.2 Å². The Kier molecular flexibility index (Phi) is 8.59. The SMILES string of the molecule is COCCN1CCN(C(=O)c2ccc(C)c(C(=O)c3ccc(Nc4ccc(F)cc4C)cc3Cl)c2)CC1. The number of hydrogen-bond acceptors (Lipinski definition) is 5. The lowest BCUT2D eigenvalue weighted by Crippen LogP contribution is -2.49. The summed E-state index contributed by atoms with van der Waals surface area (Å²) in [5.74, 6) is -0.630. The number of carbonyl (C=O) groups excluding carboxylic acids is 2. The third kappa shape index (κ3) is 6.36. The van der Waals surface area contributed by atoms with E-state index in [9.17, 15) is 14.0 Å². The van der Waals surface area contributed by atoms with E-state index in [4.69, 9.17) is 16.3 Å². The Labute approximate surface area is 222 Å². The Balaban J connectivity index is 1.49.